The third-order valence-corrected chi connectivity index (χ3v) is 4.47. The van der Waals surface area contributed by atoms with Crippen LogP contribution < -0.4 is 5.32 Å². The van der Waals surface area contributed by atoms with E-state index in [9.17, 15) is 14.7 Å². The van der Waals surface area contributed by atoms with Gasteiger partial charge in [-0.15, -0.1) is 0 Å². The van der Waals surface area contributed by atoms with E-state index in [1.54, 1.807) is 4.90 Å². The van der Waals surface area contributed by atoms with E-state index >= 15 is 0 Å². The number of nitrogens with zero attached hydrogens (tertiary/aromatic N) is 1. The summed E-state index contributed by atoms with van der Waals surface area (Å²) in [4.78, 5) is 25.0. The molecule has 1 atom stereocenters. The molecule has 0 bridgehead atoms. The van der Waals surface area contributed by atoms with Crippen LogP contribution in [0.4, 0.5) is 4.79 Å². The molecule has 0 aromatic rings. The standard InChI is InChI=1S/C13H22N2O3/c1-3-13(11(16)17)4-5-15(8-13)12(18)14-10-6-9(2)7-10/h9-10H,3-8H2,1-2H3,(H,14,18)(H,16,17). The molecule has 1 saturated carbocycles. The normalized spacial score (nSPS) is 35.1. The number of amides is 2. The zero-order chi connectivity index (χ0) is 13.3. The van der Waals surface area contributed by atoms with E-state index in [4.69, 9.17) is 0 Å². The fourth-order valence-electron chi connectivity index (χ4n) is 2.95. The number of hydrogen-bond donors (Lipinski definition) is 2. The molecule has 0 radical (unpaired) electrons. The number of carbonyl (C=O) groups excluding carboxylic acids is 1. The summed E-state index contributed by atoms with van der Waals surface area (Å²) in [6.45, 7) is 4.94. The van der Waals surface area contributed by atoms with Crippen LogP contribution in [0.5, 0.6) is 0 Å². The van der Waals surface area contributed by atoms with Crippen molar-refractivity contribution in [3.8, 4) is 0 Å². The lowest BCUT2D eigenvalue weighted by molar-refractivity contribution is -0.148. The summed E-state index contributed by atoms with van der Waals surface area (Å²) in [7, 11) is 0. The van der Waals surface area contributed by atoms with Crippen LogP contribution in [0.25, 0.3) is 0 Å². The molecule has 5 nitrogen and oxygen atoms in total. The third-order valence-electron chi connectivity index (χ3n) is 4.47. The van der Waals surface area contributed by atoms with Crippen molar-refractivity contribution in [2.45, 2.75) is 45.6 Å². The van der Waals surface area contributed by atoms with E-state index < -0.39 is 11.4 Å². The van der Waals surface area contributed by atoms with E-state index in [1.807, 2.05) is 6.92 Å². The number of carboxylic acids is 1. The Balaban J connectivity index is 1.88. The van der Waals surface area contributed by atoms with Gasteiger partial charge in [0.15, 0.2) is 0 Å². The average Bonchev–Trinajstić information content (AvgIpc) is 2.72. The van der Waals surface area contributed by atoms with Crippen LogP contribution in [0.3, 0.4) is 0 Å². The molecule has 2 amide bonds. The van der Waals surface area contributed by atoms with E-state index in [0.29, 0.717) is 31.8 Å². The van der Waals surface area contributed by atoms with Gasteiger partial charge in [0.05, 0.1) is 5.41 Å². The van der Waals surface area contributed by atoms with Crippen LogP contribution in [0, 0.1) is 11.3 Å². The van der Waals surface area contributed by atoms with Crippen molar-refractivity contribution in [1.29, 1.82) is 0 Å². The summed E-state index contributed by atoms with van der Waals surface area (Å²) < 4.78 is 0. The Morgan fingerprint density at radius 1 is 1.44 bits per heavy atom. The maximum absolute atomic E-state index is 12.0. The molecule has 18 heavy (non-hydrogen) atoms. The topological polar surface area (TPSA) is 69.6 Å². The molecule has 0 aromatic heterocycles. The minimum absolute atomic E-state index is 0.0940. The maximum atomic E-state index is 12.0. The molecule has 2 aliphatic rings. The van der Waals surface area contributed by atoms with Crippen LogP contribution in [-0.2, 0) is 4.79 Å². The molecule has 1 saturated heterocycles. The summed E-state index contributed by atoms with van der Waals surface area (Å²) in [5.41, 5.74) is -0.732. The molecule has 0 spiro atoms. The van der Waals surface area contributed by atoms with Gasteiger partial charge in [-0.25, -0.2) is 4.79 Å². The second-order valence-electron chi connectivity index (χ2n) is 5.83. The number of likely N-dealkylation sites (tertiary alicyclic amines) is 1. The zero-order valence-corrected chi connectivity index (χ0v) is 11.1. The summed E-state index contributed by atoms with van der Waals surface area (Å²) in [6, 6.07) is 0.192. The summed E-state index contributed by atoms with van der Waals surface area (Å²) in [5.74, 6) is -0.0832. The minimum Gasteiger partial charge on any atom is -0.481 e. The molecule has 1 heterocycles. The van der Waals surface area contributed by atoms with E-state index in [0.717, 1.165) is 12.8 Å². The Bertz CT molecular complexity index is 352. The highest BCUT2D eigenvalue weighted by molar-refractivity contribution is 5.79. The van der Waals surface area contributed by atoms with Crippen LogP contribution in [-0.4, -0.2) is 41.1 Å². The maximum Gasteiger partial charge on any atom is 0.317 e. The molecular formula is C13H22N2O3. The Morgan fingerprint density at radius 2 is 2.11 bits per heavy atom. The van der Waals surface area contributed by atoms with Crippen LogP contribution in [0.1, 0.15) is 39.5 Å². The van der Waals surface area contributed by atoms with Gasteiger partial charge < -0.3 is 15.3 Å². The van der Waals surface area contributed by atoms with Gasteiger partial charge in [0.25, 0.3) is 0 Å². The molecule has 2 fully saturated rings. The second-order valence-corrected chi connectivity index (χ2v) is 5.83. The van der Waals surface area contributed by atoms with Crippen molar-refractivity contribution in [3.63, 3.8) is 0 Å². The summed E-state index contributed by atoms with van der Waals surface area (Å²) >= 11 is 0. The lowest BCUT2D eigenvalue weighted by atomic mass is 9.82. The molecule has 2 N–H and O–H groups in total. The van der Waals surface area contributed by atoms with Gasteiger partial charge in [-0.2, -0.15) is 0 Å². The van der Waals surface area contributed by atoms with E-state index in [1.165, 1.54) is 0 Å². The van der Waals surface area contributed by atoms with Gasteiger partial charge in [-0.05, 0) is 31.6 Å². The zero-order valence-electron chi connectivity index (χ0n) is 11.1. The number of hydrogen-bond acceptors (Lipinski definition) is 2. The number of rotatable bonds is 3. The van der Waals surface area contributed by atoms with Gasteiger partial charge in [0.2, 0.25) is 0 Å². The first-order valence-corrected chi connectivity index (χ1v) is 6.75. The quantitative estimate of drug-likeness (QED) is 0.805. The fraction of sp³-hybridized carbons (Fsp3) is 0.846. The van der Waals surface area contributed by atoms with Crippen molar-refractivity contribution in [2.24, 2.45) is 11.3 Å². The van der Waals surface area contributed by atoms with Crippen LogP contribution in [0.15, 0.2) is 0 Å². The van der Waals surface area contributed by atoms with Crippen LogP contribution >= 0.6 is 0 Å². The first-order chi connectivity index (χ1) is 8.47. The number of urea groups is 1. The molecule has 5 heteroatoms. The van der Waals surface area contributed by atoms with Crippen molar-refractivity contribution in [3.05, 3.63) is 0 Å². The van der Waals surface area contributed by atoms with E-state index in [2.05, 4.69) is 12.2 Å². The number of aliphatic carboxylic acids is 1. The van der Waals surface area contributed by atoms with Crippen molar-refractivity contribution < 1.29 is 14.7 Å². The largest absolute Gasteiger partial charge is 0.481 e. The number of nitrogens with one attached hydrogen (secondary N) is 1. The van der Waals surface area contributed by atoms with Gasteiger partial charge in [-0.3, -0.25) is 4.79 Å². The Morgan fingerprint density at radius 3 is 2.56 bits per heavy atom. The molecular weight excluding hydrogens is 232 g/mol. The smallest absolute Gasteiger partial charge is 0.317 e. The molecule has 102 valence electrons. The number of carboxylic acid groups (broad SMARTS) is 1. The monoisotopic (exact) mass is 254 g/mol. The lowest BCUT2D eigenvalue weighted by Crippen LogP contribution is -2.49. The highest BCUT2D eigenvalue weighted by Crippen LogP contribution is 2.34. The Kier molecular flexibility index (Phi) is 3.50. The van der Waals surface area contributed by atoms with Crippen LogP contribution in [0.2, 0.25) is 0 Å². The number of carbonyl (C=O) groups is 2. The van der Waals surface area contributed by atoms with Crippen molar-refractivity contribution >= 4 is 12.0 Å². The molecule has 2 rings (SSSR count). The first kappa shape index (κ1) is 13.2. The second kappa shape index (κ2) is 4.78. The van der Waals surface area contributed by atoms with Gasteiger partial charge in [0, 0.05) is 19.1 Å². The first-order valence-electron chi connectivity index (χ1n) is 6.75. The van der Waals surface area contributed by atoms with Gasteiger partial charge >= 0.3 is 12.0 Å². The van der Waals surface area contributed by atoms with Crippen molar-refractivity contribution in [1.82, 2.24) is 10.2 Å². The van der Waals surface area contributed by atoms with Gasteiger partial charge in [-0.1, -0.05) is 13.8 Å². The highest BCUT2D eigenvalue weighted by atomic mass is 16.4. The fourth-order valence-corrected chi connectivity index (χ4v) is 2.95. The average molecular weight is 254 g/mol. The summed E-state index contributed by atoms with van der Waals surface area (Å²) in [5, 5.41) is 12.3. The molecule has 1 aliphatic carbocycles. The molecule has 1 unspecified atom stereocenters. The lowest BCUT2D eigenvalue weighted by Gasteiger charge is -2.34. The SMILES string of the molecule is CCC1(C(=O)O)CCN(C(=O)NC2CC(C)C2)C1. The predicted molar refractivity (Wildman–Crippen MR) is 67.3 cm³/mol. The predicted octanol–water partition coefficient (Wildman–Crippen LogP) is 1.68. The van der Waals surface area contributed by atoms with Gasteiger partial charge in [0.1, 0.15) is 0 Å². The molecule has 0 aromatic carbocycles. The Labute approximate surface area is 108 Å². The third kappa shape index (κ3) is 2.31. The van der Waals surface area contributed by atoms with E-state index in [-0.39, 0.29) is 12.1 Å². The molecule has 1 aliphatic heterocycles. The minimum atomic E-state index is -0.780. The van der Waals surface area contributed by atoms with Crippen molar-refractivity contribution in [2.75, 3.05) is 13.1 Å². The highest BCUT2D eigenvalue weighted by Gasteiger charge is 2.45. The Hall–Kier alpha value is -1.26. The summed E-state index contributed by atoms with van der Waals surface area (Å²) in [6.07, 6.45) is 3.22.